The fourth-order valence-corrected chi connectivity index (χ4v) is 8.31. The number of fused-ring (bicyclic) bond motifs is 5. The fraction of sp³-hybridized carbons (Fsp3) is 0.778. The Morgan fingerprint density at radius 1 is 1.06 bits per heavy atom. The molecule has 8 nitrogen and oxygen atoms in total. The summed E-state index contributed by atoms with van der Waals surface area (Å²) in [5.41, 5.74) is -1.73. The molecule has 194 valence electrons. The third-order valence-corrected chi connectivity index (χ3v) is 9.67. The molecular weight excluding hydrogens is 452 g/mol. The van der Waals surface area contributed by atoms with Gasteiger partial charge in [0.05, 0.1) is 6.61 Å². The summed E-state index contributed by atoms with van der Waals surface area (Å²) in [6.45, 7) is 8.06. The first kappa shape index (κ1) is 25.9. The summed E-state index contributed by atoms with van der Waals surface area (Å²) in [4.78, 5) is 48.3. The molecule has 0 radical (unpaired) electrons. The number of ketones is 1. The third kappa shape index (κ3) is 4.02. The van der Waals surface area contributed by atoms with Gasteiger partial charge in [0, 0.05) is 43.9 Å². The minimum Gasteiger partial charge on any atom is -0.465 e. The molecule has 2 unspecified atom stereocenters. The summed E-state index contributed by atoms with van der Waals surface area (Å²) in [6.07, 6.45) is 4.42. The van der Waals surface area contributed by atoms with Crippen LogP contribution in [0.5, 0.6) is 0 Å². The quantitative estimate of drug-likeness (QED) is 0.461. The number of ether oxygens (including phenoxy) is 3. The zero-order valence-corrected chi connectivity index (χ0v) is 21.4. The molecule has 35 heavy (non-hydrogen) atoms. The standard InChI is InChI=1S/C27H38O8/c1-15(34-17(3)29)21-8-9-22-23-7-6-19-12-20(31)10-11-25(19,5)27(23,32)24(35-18(4)30)13-26(21,22)14-33-16(2)28/h12,15,21-24,32H,6-11,13-14H2,1-5H3/t15?,21-,22+,23+,24?,25+,26+,27+/m1/s1. The van der Waals surface area contributed by atoms with Crippen LogP contribution in [0.2, 0.25) is 0 Å². The van der Waals surface area contributed by atoms with Crippen molar-refractivity contribution in [3.63, 3.8) is 0 Å². The van der Waals surface area contributed by atoms with Crippen molar-refractivity contribution >= 4 is 23.7 Å². The summed E-state index contributed by atoms with van der Waals surface area (Å²) < 4.78 is 17.1. The maximum absolute atomic E-state index is 12.6. The lowest BCUT2D eigenvalue weighted by atomic mass is 9.43. The second-order valence-corrected chi connectivity index (χ2v) is 11.4. The number of hydrogen-bond acceptors (Lipinski definition) is 8. The van der Waals surface area contributed by atoms with Gasteiger partial charge in [0.2, 0.25) is 0 Å². The molecule has 0 saturated heterocycles. The summed E-state index contributed by atoms with van der Waals surface area (Å²) in [7, 11) is 0. The van der Waals surface area contributed by atoms with E-state index in [0.717, 1.165) is 18.4 Å². The van der Waals surface area contributed by atoms with E-state index in [0.29, 0.717) is 32.1 Å². The predicted molar refractivity (Wildman–Crippen MR) is 125 cm³/mol. The smallest absolute Gasteiger partial charge is 0.303 e. The monoisotopic (exact) mass is 490 g/mol. The van der Waals surface area contributed by atoms with E-state index in [4.69, 9.17) is 14.2 Å². The molecule has 0 amide bonds. The minimum atomic E-state index is -1.35. The van der Waals surface area contributed by atoms with Crippen molar-refractivity contribution in [3.8, 4) is 0 Å². The lowest BCUT2D eigenvalue weighted by Crippen LogP contribution is -2.71. The molecule has 0 bridgehead atoms. The lowest BCUT2D eigenvalue weighted by molar-refractivity contribution is -0.265. The first-order chi connectivity index (χ1) is 16.3. The normalized spacial score (nSPS) is 41.0. The van der Waals surface area contributed by atoms with Crippen LogP contribution < -0.4 is 0 Å². The van der Waals surface area contributed by atoms with Crippen LogP contribution in [0.15, 0.2) is 11.6 Å². The third-order valence-electron chi connectivity index (χ3n) is 9.67. The van der Waals surface area contributed by atoms with Crippen molar-refractivity contribution < 1.29 is 38.5 Å². The van der Waals surface area contributed by atoms with Crippen LogP contribution in [0.4, 0.5) is 0 Å². The second kappa shape index (κ2) is 9.02. The van der Waals surface area contributed by atoms with Gasteiger partial charge < -0.3 is 19.3 Å². The number of carbonyl (C=O) groups is 4. The van der Waals surface area contributed by atoms with Crippen LogP contribution >= 0.6 is 0 Å². The van der Waals surface area contributed by atoms with E-state index in [-0.39, 0.29) is 36.1 Å². The summed E-state index contributed by atoms with van der Waals surface area (Å²) in [5, 5.41) is 12.6. The predicted octanol–water partition coefficient (Wildman–Crippen LogP) is 3.29. The van der Waals surface area contributed by atoms with Crippen LogP contribution in [-0.4, -0.2) is 53.2 Å². The van der Waals surface area contributed by atoms with Crippen LogP contribution in [0, 0.1) is 28.6 Å². The van der Waals surface area contributed by atoms with Gasteiger partial charge in [-0.15, -0.1) is 0 Å². The highest BCUT2D eigenvalue weighted by molar-refractivity contribution is 5.91. The van der Waals surface area contributed by atoms with Crippen molar-refractivity contribution in [2.75, 3.05) is 6.61 Å². The average Bonchev–Trinajstić information content (AvgIpc) is 3.12. The van der Waals surface area contributed by atoms with E-state index in [1.807, 2.05) is 13.8 Å². The number of hydrogen-bond donors (Lipinski definition) is 1. The first-order valence-electron chi connectivity index (χ1n) is 12.8. The SMILES string of the molecule is CC(=O)OC[C@]12CC(OC(C)=O)[C@@]3(O)[C@@H](CCC4=CC(=O)CC[C@@]43C)[C@@H]1CC[C@@H]2C(C)OC(C)=O. The molecule has 3 saturated carbocycles. The van der Waals surface area contributed by atoms with Gasteiger partial charge in [-0.05, 0) is 63.4 Å². The Hall–Kier alpha value is -2.22. The van der Waals surface area contributed by atoms with Gasteiger partial charge in [-0.1, -0.05) is 12.5 Å². The van der Waals surface area contributed by atoms with Gasteiger partial charge in [0.25, 0.3) is 0 Å². The highest BCUT2D eigenvalue weighted by atomic mass is 16.6. The van der Waals surface area contributed by atoms with E-state index >= 15 is 0 Å². The Labute approximate surface area is 206 Å². The molecule has 8 atom stereocenters. The van der Waals surface area contributed by atoms with Crippen molar-refractivity contribution in [3.05, 3.63) is 11.6 Å². The molecule has 0 aromatic heterocycles. The Balaban J connectivity index is 1.83. The van der Waals surface area contributed by atoms with Gasteiger partial charge in [-0.2, -0.15) is 0 Å². The maximum Gasteiger partial charge on any atom is 0.303 e. The minimum absolute atomic E-state index is 0.0160. The lowest BCUT2D eigenvalue weighted by Gasteiger charge is -2.65. The molecule has 4 aliphatic rings. The van der Waals surface area contributed by atoms with E-state index < -0.39 is 40.6 Å². The van der Waals surface area contributed by atoms with Crippen molar-refractivity contribution in [2.45, 2.75) is 97.4 Å². The Morgan fingerprint density at radius 3 is 2.40 bits per heavy atom. The zero-order valence-electron chi connectivity index (χ0n) is 21.4. The van der Waals surface area contributed by atoms with Crippen molar-refractivity contribution in [1.82, 2.24) is 0 Å². The average molecular weight is 491 g/mol. The Kier molecular flexibility index (Phi) is 6.66. The van der Waals surface area contributed by atoms with E-state index in [2.05, 4.69) is 0 Å². The summed E-state index contributed by atoms with van der Waals surface area (Å²) in [5.74, 6) is -1.55. The molecule has 0 heterocycles. The highest BCUT2D eigenvalue weighted by Crippen LogP contribution is 2.69. The maximum atomic E-state index is 12.6. The van der Waals surface area contributed by atoms with Crippen LogP contribution in [-0.2, 0) is 33.4 Å². The van der Waals surface area contributed by atoms with E-state index in [1.54, 1.807) is 6.08 Å². The van der Waals surface area contributed by atoms with Gasteiger partial charge >= 0.3 is 17.9 Å². The van der Waals surface area contributed by atoms with Crippen molar-refractivity contribution in [2.24, 2.45) is 28.6 Å². The topological polar surface area (TPSA) is 116 Å². The molecule has 4 rings (SSSR count). The number of esters is 3. The molecule has 3 fully saturated rings. The second-order valence-electron chi connectivity index (χ2n) is 11.4. The fourth-order valence-electron chi connectivity index (χ4n) is 8.31. The molecule has 0 aromatic carbocycles. The molecule has 8 heteroatoms. The van der Waals surface area contributed by atoms with Gasteiger partial charge in [0.15, 0.2) is 5.78 Å². The molecule has 0 aromatic rings. The molecule has 4 aliphatic carbocycles. The molecule has 0 aliphatic heterocycles. The van der Waals surface area contributed by atoms with Gasteiger partial charge in [-0.25, -0.2) is 0 Å². The summed E-state index contributed by atoms with van der Waals surface area (Å²) in [6, 6.07) is 0. The van der Waals surface area contributed by atoms with E-state index in [9.17, 15) is 24.3 Å². The number of carbonyl (C=O) groups excluding carboxylic acids is 4. The molecular formula is C27H38O8. The number of aliphatic hydroxyl groups is 1. The van der Waals surface area contributed by atoms with E-state index in [1.165, 1.54) is 20.8 Å². The number of rotatable bonds is 5. The van der Waals surface area contributed by atoms with Gasteiger partial charge in [-0.3, -0.25) is 19.2 Å². The molecule has 1 N–H and O–H groups in total. The van der Waals surface area contributed by atoms with Crippen molar-refractivity contribution in [1.29, 1.82) is 0 Å². The van der Waals surface area contributed by atoms with Gasteiger partial charge in [0.1, 0.15) is 17.8 Å². The highest BCUT2D eigenvalue weighted by Gasteiger charge is 2.72. The molecule has 0 spiro atoms. The summed E-state index contributed by atoms with van der Waals surface area (Å²) >= 11 is 0. The van der Waals surface area contributed by atoms with Crippen LogP contribution in [0.25, 0.3) is 0 Å². The largest absolute Gasteiger partial charge is 0.465 e. The Morgan fingerprint density at radius 2 is 1.77 bits per heavy atom. The Bertz CT molecular complexity index is 955. The van der Waals surface area contributed by atoms with Crippen LogP contribution in [0.3, 0.4) is 0 Å². The van der Waals surface area contributed by atoms with Crippen LogP contribution in [0.1, 0.15) is 79.6 Å². The first-order valence-corrected chi connectivity index (χ1v) is 12.8. The zero-order chi connectivity index (χ0) is 25.8.